The van der Waals surface area contributed by atoms with Crippen molar-refractivity contribution in [3.8, 4) is 0 Å². The van der Waals surface area contributed by atoms with E-state index < -0.39 is 0 Å². The average molecular weight is 438 g/mol. The van der Waals surface area contributed by atoms with Crippen LogP contribution < -0.4 is 24.8 Å². The fourth-order valence-electron chi connectivity index (χ4n) is 0. The minimum Gasteiger partial charge on any atom is -1.00 e. The van der Waals surface area contributed by atoms with E-state index >= 15 is 0 Å². The molecule has 0 saturated carbocycles. The Balaban J connectivity index is -0.0000000284. The molecule has 0 spiro atoms. The monoisotopic (exact) mass is 436 g/mol. The van der Waals surface area contributed by atoms with Gasteiger partial charge in [-0.05, 0) is 25.1 Å². The van der Waals surface area contributed by atoms with Gasteiger partial charge in [-0.3, -0.25) is 0 Å². The van der Waals surface area contributed by atoms with Crippen LogP contribution in [-0.2, 0) is 45.4 Å². The smallest absolute Gasteiger partial charge is 1.00 e. The van der Waals surface area contributed by atoms with E-state index in [4.69, 9.17) is 0 Å². The van der Waals surface area contributed by atoms with E-state index in [9.17, 15) is 19.2 Å². The Morgan fingerprint density at radius 3 is 0.565 bits per heavy atom. The van der Waals surface area contributed by atoms with E-state index in [1.54, 1.807) is 52.8 Å². The molecule has 0 aromatic rings. The summed E-state index contributed by atoms with van der Waals surface area (Å²) in [6, 6.07) is 0. The van der Waals surface area contributed by atoms with Crippen LogP contribution in [0.5, 0.6) is 0 Å². The largest absolute Gasteiger partial charge is 2.00 e. The van der Waals surface area contributed by atoms with Crippen molar-refractivity contribution in [2.45, 2.75) is 27.7 Å². The van der Waals surface area contributed by atoms with Crippen molar-refractivity contribution in [2.75, 3.05) is 0 Å². The number of allylic oxidation sites excluding steroid dienone is 4. The Morgan fingerprint density at radius 2 is 0.565 bits per heavy atom. The van der Waals surface area contributed by atoms with Gasteiger partial charge in [-0.2, -0.15) is 22.3 Å². The predicted octanol–water partition coefficient (Wildman–Crippen LogP) is -3.31. The fraction of sp³-hybridized carbons (Fsp3) is 0.250. The van der Waals surface area contributed by atoms with Crippen LogP contribution in [0.1, 0.15) is 27.7 Å². The van der Waals surface area contributed by atoms with Crippen LogP contribution in [0.2, 0.25) is 0 Å². The molecule has 4 nitrogen and oxygen atoms in total. The second-order valence-corrected chi connectivity index (χ2v) is 3.53. The minimum atomic E-state index is 0. The quantitative estimate of drug-likeness (QED) is 0.341. The number of hydrogen-bond donors (Lipinski definition) is 0. The van der Waals surface area contributed by atoms with E-state index in [1.165, 1.54) is 0 Å². The molecule has 0 bridgehead atoms. The van der Waals surface area contributed by atoms with Crippen LogP contribution in [0.15, 0.2) is 48.6 Å². The third kappa shape index (κ3) is 153. The van der Waals surface area contributed by atoms with Crippen LogP contribution in [0.25, 0.3) is 0 Å². The van der Waals surface area contributed by atoms with E-state index in [2.05, 4.69) is 26.3 Å². The van der Waals surface area contributed by atoms with Crippen LogP contribution in [0.3, 0.4) is 0 Å². The van der Waals surface area contributed by atoms with Crippen LogP contribution in [0, 0.1) is 0 Å². The Labute approximate surface area is 171 Å². The van der Waals surface area contributed by atoms with Crippen LogP contribution >= 0.6 is 0 Å². The van der Waals surface area contributed by atoms with Crippen molar-refractivity contribution in [3.05, 3.63) is 48.6 Å². The van der Waals surface area contributed by atoms with Crippen LogP contribution in [0.4, 0.5) is 0 Å². The molecule has 0 rings (SSSR count). The van der Waals surface area contributed by atoms with E-state index in [1.807, 2.05) is 0 Å². The molecule has 0 aromatic carbocycles. The van der Waals surface area contributed by atoms with Gasteiger partial charge in [-0.15, -0.1) is 0 Å². The zero-order valence-electron chi connectivity index (χ0n) is 13.7. The molecular formula is C16H20Cl2O4Zr-4. The number of hydrogen-bond acceptors (Lipinski definition) is 4. The second-order valence-electron chi connectivity index (χ2n) is 3.53. The summed E-state index contributed by atoms with van der Waals surface area (Å²) in [5.74, 6) is 0. The molecular weight excluding hydrogens is 418 g/mol. The summed E-state index contributed by atoms with van der Waals surface area (Å²) in [7, 11) is 0. The zero-order valence-corrected chi connectivity index (χ0v) is 17.7. The molecule has 0 saturated heterocycles. The fourth-order valence-corrected chi connectivity index (χ4v) is 0. The first-order valence-electron chi connectivity index (χ1n) is 5.23. The number of rotatable bonds is 4. The molecule has 130 valence electrons. The Bertz CT molecular complexity index is 306. The Kier molecular flexibility index (Phi) is 70.1. The van der Waals surface area contributed by atoms with Gasteiger partial charge in [0.25, 0.3) is 0 Å². The summed E-state index contributed by atoms with van der Waals surface area (Å²) < 4.78 is 0. The van der Waals surface area contributed by atoms with Gasteiger partial charge in [-0.25, -0.2) is 26.3 Å². The third-order valence-electron chi connectivity index (χ3n) is 0.697. The van der Waals surface area contributed by atoms with Crippen molar-refractivity contribution >= 4 is 25.1 Å². The van der Waals surface area contributed by atoms with E-state index in [0.717, 1.165) is 0 Å². The normalized spacial score (nSPS) is 5.74. The predicted molar refractivity (Wildman–Crippen MR) is 82.0 cm³/mol. The third-order valence-corrected chi connectivity index (χ3v) is 0.697. The van der Waals surface area contributed by atoms with Crippen LogP contribution in [-0.4, -0.2) is 25.1 Å². The summed E-state index contributed by atoms with van der Waals surface area (Å²) in [4.78, 5) is 37.1. The van der Waals surface area contributed by atoms with Gasteiger partial charge in [0, 0.05) is 0 Å². The molecule has 0 unspecified atom stereocenters. The molecule has 23 heavy (non-hydrogen) atoms. The van der Waals surface area contributed by atoms with Gasteiger partial charge in [0.2, 0.25) is 0 Å². The summed E-state index contributed by atoms with van der Waals surface area (Å²) >= 11 is 0. The number of halogens is 2. The maximum Gasteiger partial charge on any atom is 2.00 e. The van der Waals surface area contributed by atoms with Gasteiger partial charge >= 0.3 is 26.2 Å². The van der Waals surface area contributed by atoms with Crippen molar-refractivity contribution in [3.63, 3.8) is 0 Å². The SMILES string of the molecule is C=C(C)[C-]=O.C=C(C)[C-]=O.C=C(C)[C-]=O.C=C(C)[C-]=O.[Cl-].[Cl-].[Zr+2]. The van der Waals surface area contributed by atoms with E-state index in [-0.39, 0.29) is 51.0 Å². The molecule has 7 heteroatoms. The summed E-state index contributed by atoms with van der Waals surface area (Å²) in [6.07, 6.45) is 6.33. The topological polar surface area (TPSA) is 68.3 Å². The molecule has 0 aliphatic heterocycles. The van der Waals surface area contributed by atoms with Crippen molar-refractivity contribution in [2.24, 2.45) is 0 Å². The molecule has 0 aliphatic rings. The molecule has 0 aromatic heterocycles. The molecule has 0 aliphatic carbocycles. The maximum absolute atomic E-state index is 9.28. The van der Waals surface area contributed by atoms with Gasteiger partial charge in [0.05, 0.1) is 0 Å². The van der Waals surface area contributed by atoms with Crippen molar-refractivity contribution in [1.82, 2.24) is 0 Å². The van der Waals surface area contributed by atoms with E-state index in [0.29, 0.717) is 22.3 Å². The van der Waals surface area contributed by atoms with Gasteiger partial charge < -0.3 is 44.0 Å². The van der Waals surface area contributed by atoms with Crippen molar-refractivity contribution < 1.29 is 70.2 Å². The molecule has 0 amide bonds. The average Bonchev–Trinajstić information content (AvgIpc) is 2.40. The first-order valence-corrected chi connectivity index (χ1v) is 5.23. The first kappa shape index (κ1) is 43.2. The number of carbonyl (C=O) groups excluding carboxylic acids is 4. The Morgan fingerprint density at radius 1 is 0.522 bits per heavy atom. The second kappa shape index (κ2) is 37.4. The first-order chi connectivity index (χ1) is 9.08. The summed E-state index contributed by atoms with van der Waals surface area (Å²) in [6.45, 7) is 19.4. The summed E-state index contributed by atoms with van der Waals surface area (Å²) in [5, 5.41) is 0. The molecule has 0 N–H and O–H groups in total. The molecule has 0 heterocycles. The molecule has 0 radical (unpaired) electrons. The van der Waals surface area contributed by atoms with Gasteiger partial charge in [0.15, 0.2) is 0 Å². The maximum atomic E-state index is 9.28. The Hall–Kier alpha value is -0.897. The molecule has 0 fully saturated rings. The van der Waals surface area contributed by atoms with Gasteiger partial charge in [-0.1, -0.05) is 27.7 Å². The zero-order chi connectivity index (χ0) is 17.1. The van der Waals surface area contributed by atoms with Crippen molar-refractivity contribution in [1.29, 1.82) is 0 Å². The summed E-state index contributed by atoms with van der Waals surface area (Å²) in [5.41, 5.74) is 1.80. The minimum absolute atomic E-state index is 0. The van der Waals surface area contributed by atoms with Gasteiger partial charge in [0.1, 0.15) is 0 Å². The molecule has 0 atom stereocenters. The standard InChI is InChI=1S/4C4H5O.2ClH.Zr/c4*1-4(2)3-5;;;/h4*1H2,2H3;2*1H;/q4*-1;;;+2/p-2.